The van der Waals surface area contributed by atoms with Gasteiger partial charge in [0, 0.05) is 18.8 Å². The van der Waals surface area contributed by atoms with Crippen LogP contribution in [0.5, 0.6) is 11.6 Å². The lowest BCUT2D eigenvalue weighted by Crippen LogP contribution is -2.44. The van der Waals surface area contributed by atoms with Gasteiger partial charge in [0.1, 0.15) is 34.6 Å². The first-order valence-corrected chi connectivity index (χ1v) is 12.3. The number of nitrogens with zero attached hydrogens (tertiary/aromatic N) is 3. The summed E-state index contributed by atoms with van der Waals surface area (Å²) >= 11 is 3.59. The maximum Gasteiger partial charge on any atom is 0.411 e. The largest absolute Gasteiger partial charge is 0.487 e. The van der Waals surface area contributed by atoms with E-state index in [1.807, 2.05) is 30.3 Å². The number of hydrogen-bond acceptors (Lipinski definition) is 8. The Kier molecular flexibility index (Phi) is 7.63. The maximum atomic E-state index is 12.8. The van der Waals surface area contributed by atoms with E-state index >= 15 is 0 Å². The molecule has 1 amide bonds. The van der Waals surface area contributed by atoms with Crippen LogP contribution in [0.25, 0.3) is 10.9 Å². The van der Waals surface area contributed by atoms with Crippen LogP contribution >= 0.6 is 15.9 Å². The van der Waals surface area contributed by atoms with E-state index in [1.165, 1.54) is 12.0 Å². The Morgan fingerprint density at radius 3 is 2.61 bits per heavy atom. The molecule has 4 rings (SSSR count). The van der Waals surface area contributed by atoms with Crippen molar-refractivity contribution in [3.8, 4) is 11.6 Å². The van der Waals surface area contributed by atoms with Gasteiger partial charge in [0.25, 0.3) is 0 Å². The lowest BCUT2D eigenvalue weighted by molar-refractivity contribution is -0.145. The highest BCUT2D eigenvalue weighted by molar-refractivity contribution is 9.10. The number of rotatable bonds is 6. The highest BCUT2D eigenvalue weighted by Crippen LogP contribution is 2.40. The Balaban J connectivity index is 1.60. The molecule has 2 aromatic heterocycles. The van der Waals surface area contributed by atoms with E-state index < -0.39 is 29.8 Å². The van der Waals surface area contributed by atoms with E-state index in [4.69, 9.17) is 18.9 Å². The van der Waals surface area contributed by atoms with E-state index in [2.05, 4.69) is 25.9 Å². The minimum absolute atomic E-state index is 0.136. The predicted molar refractivity (Wildman–Crippen MR) is 136 cm³/mol. The predicted octanol–water partition coefficient (Wildman–Crippen LogP) is 4.90. The number of ether oxygens (including phenoxy) is 4. The molecule has 0 bridgehead atoms. The number of pyridine rings is 2. The molecule has 2 atom stereocenters. The fraction of sp³-hybridized carbons (Fsp3) is 0.385. The van der Waals surface area contributed by atoms with Gasteiger partial charge in [-0.05, 0) is 48.3 Å². The third-order valence-corrected chi connectivity index (χ3v) is 6.22. The Hall–Kier alpha value is -3.40. The minimum Gasteiger partial charge on any atom is -0.487 e. The first kappa shape index (κ1) is 25.7. The number of aromatic nitrogens is 2. The third kappa shape index (κ3) is 5.87. The molecule has 36 heavy (non-hydrogen) atoms. The number of halogens is 1. The van der Waals surface area contributed by atoms with Crippen LogP contribution in [-0.2, 0) is 20.9 Å². The Morgan fingerprint density at radius 2 is 1.92 bits per heavy atom. The molecule has 1 aliphatic heterocycles. The van der Waals surface area contributed by atoms with E-state index in [0.717, 1.165) is 10.9 Å². The quantitative estimate of drug-likeness (QED) is 0.394. The summed E-state index contributed by atoms with van der Waals surface area (Å²) in [5.41, 5.74) is 0.932. The topological polar surface area (TPSA) is 100 Å². The summed E-state index contributed by atoms with van der Waals surface area (Å²) < 4.78 is 23.3. The normalized spacial score (nSPS) is 17.6. The van der Waals surface area contributed by atoms with Crippen LogP contribution in [0.3, 0.4) is 0 Å². The van der Waals surface area contributed by atoms with Gasteiger partial charge in [-0.3, -0.25) is 9.88 Å². The van der Waals surface area contributed by atoms with Gasteiger partial charge in [-0.1, -0.05) is 30.3 Å². The second-order valence-corrected chi connectivity index (χ2v) is 10.2. The molecule has 0 spiro atoms. The third-order valence-electron chi connectivity index (χ3n) is 5.52. The SMILES string of the molecule is COC(=O)[C@@H]1C[C@@H](Oc2nc3ccncc3c(OCc3ccccc3)c2Br)CN1C(=O)OC(C)(C)C. The second-order valence-electron chi connectivity index (χ2n) is 9.37. The zero-order chi connectivity index (χ0) is 25.9. The lowest BCUT2D eigenvalue weighted by atomic mass is 10.2. The molecule has 0 aliphatic carbocycles. The highest BCUT2D eigenvalue weighted by Gasteiger charge is 2.43. The highest BCUT2D eigenvalue weighted by atomic mass is 79.9. The van der Waals surface area contributed by atoms with Crippen molar-refractivity contribution in [1.29, 1.82) is 0 Å². The molecule has 0 N–H and O–H groups in total. The van der Waals surface area contributed by atoms with Gasteiger partial charge in [-0.25, -0.2) is 14.6 Å². The molecule has 1 fully saturated rings. The van der Waals surface area contributed by atoms with Crippen LogP contribution in [0, 0.1) is 0 Å². The average Bonchev–Trinajstić information content (AvgIpc) is 3.27. The summed E-state index contributed by atoms with van der Waals surface area (Å²) in [4.78, 5) is 35.4. The molecule has 9 nitrogen and oxygen atoms in total. The molecule has 10 heteroatoms. The fourth-order valence-electron chi connectivity index (χ4n) is 3.90. The van der Waals surface area contributed by atoms with Crippen molar-refractivity contribution in [2.24, 2.45) is 0 Å². The standard InChI is InChI=1S/C26H28BrN3O6/c1-26(2,3)36-25(32)30-14-17(12-20(30)24(31)33-4)35-23-21(27)22(18-13-28-11-10-19(18)29-23)34-15-16-8-6-5-7-9-16/h5-11,13,17,20H,12,14-15H2,1-4H3/t17-,20+/m1/s1. The molecule has 1 aromatic carbocycles. The van der Waals surface area contributed by atoms with E-state index in [1.54, 1.807) is 39.2 Å². The van der Waals surface area contributed by atoms with Crippen molar-refractivity contribution in [1.82, 2.24) is 14.9 Å². The number of hydrogen-bond donors (Lipinski definition) is 0. The minimum atomic E-state index is -0.827. The smallest absolute Gasteiger partial charge is 0.411 e. The molecule has 3 aromatic rings. The van der Waals surface area contributed by atoms with Crippen molar-refractivity contribution >= 4 is 38.9 Å². The molecule has 0 radical (unpaired) electrons. The number of carbonyl (C=O) groups excluding carboxylic acids is 2. The summed E-state index contributed by atoms with van der Waals surface area (Å²) in [7, 11) is 1.29. The summed E-state index contributed by atoms with van der Waals surface area (Å²) in [6.45, 7) is 5.78. The van der Waals surface area contributed by atoms with Crippen molar-refractivity contribution in [2.45, 2.75) is 51.5 Å². The van der Waals surface area contributed by atoms with E-state index in [0.29, 0.717) is 22.3 Å². The average molecular weight is 558 g/mol. The Labute approximate surface area is 217 Å². The first-order valence-electron chi connectivity index (χ1n) is 11.5. The Bertz CT molecular complexity index is 1250. The molecular formula is C26H28BrN3O6. The maximum absolute atomic E-state index is 12.8. The fourth-order valence-corrected chi connectivity index (χ4v) is 4.41. The molecule has 1 aliphatic rings. The first-order chi connectivity index (χ1) is 17.2. The monoisotopic (exact) mass is 557 g/mol. The summed E-state index contributed by atoms with van der Waals surface area (Å²) in [5.74, 6) is 0.297. The number of likely N-dealkylation sites (tertiary alicyclic amines) is 1. The van der Waals surface area contributed by atoms with Gasteiger partial charge in [0.2, 0.25) is 5.88 Å². The number of benzene rings is 1. The van der Waals surface area contributed by atoms with Crippen LogP contribution in [0.4, 0.5) is 4.79 Å². The van der Waals surface area contributed by atoms with Gasteiger partial charge in [0.05, 0.1) is 24.6 Å². The number of esters is 1. The van der Waals surface area contributed by atoms with Crippen LogP contribution < -0.4 is 9.47 Å². The second kappa shape index (κ2) is 10.7. The molecule has 3 heterocycles. The molecule has 1 saturated heterocycles. The summed E-state index contributed by atoms with van der Waals surface area (Å²) in [5, 5.41) is 0.724. The van der Waals surface area contributed by atoms with Crippen LogP contribution in [-0.4, -0.2) is 58.3 Å². The molecule has 190 valence electrons. The zero-order valence-electron chi connectivity index (χ0n) is 20.6. The Morgan fingerprint density at radius 1 is 1.17 bits per heavy atom. The van der Waals surface area contributed by atoms with Crippen molar-refractivity contribution < 1.29 is 28.5 Å². The van der Waals surface area contributed by atoms with Crippen LogP contribution in [0.1, 0.15) is 32.8 Å². The van der Waals surface area contributed by atoms with E-state index in [-0.39, 0.29) is 18.8 Å². The lowest BCUT2D eigenvalue weighted by Gasteiger charge is -2.27. The van der Waals surface area contributed by atoms with Gasteiger partial charge in [0.15, 0.2) is 0 Å². The van der Waals surface area contributed by atoms with Gasteiger partial charge < -0.3 is 18.9 Å². The van der Waals surface area contributed by atoms with Crippen molar-refractivity contribution in [3.63, 3.8) is 0 Å². The zero-order valence-corrected chi connectivity index (χ0v) is 22.1. The summed E-state index contributed by atoms with van der Waals surface area (Å²) in [6, 6.07) is 10.7. The summed E-state index contributed by atoms with van der Waals surface area (Å²) in [6.07, 6.45) is 2.43. The van der Waals surface area contributed by atoms with Gasteiger partial charge in [-0.2, -0.15) is 0 Å². The van der Waals surface area contributed by atoms with Crippen molar-refractivity contribution in [3.05, 3.63) is 58.8 Å². The number of carbonyl (C=O) groups is 2. The van der Waals surface area contributed by atoms with Crippen molar-refractivity contribution in [2.75, 3.05) is 13.7 Å². The van der Waals surface area contributed by atoms with Gasteiger partial charge in [-0.15, -0.1) is 0 Å². The van der Waals surface area contributed by atoms with E-state index in [9.17, 15) is 9.59 Å². The molecular weight excluding hydrogens is 530 g/mol. The number of fused-ring (bicyclic) bond motifs is 1. The van der Waals surface area contributed by atoms with Crippen LogP contribution in [0.2, 0.25) is 0 Å². The molecule has 0 unspecified atom stereocenters. The van der Waals surface area contributed by atoms with Gasteiger partial charge >= 0.3 is 12.1 Å². The van der Waals surface area contributed by atoms with Crippen LogP contribution in [0.15, 0.2) is 53.3 Å². The number of methoxy groups -OCH3 is 1. The molecule has 0 saturated carbocycles. The number of amides is 1.